The van der Waals surface area contributed by atoms with Crippen molar-refractivity contribution < 1.29 is 0 Å². The van der Waals surface area contributed by atoms with Gasteiger partial charge in [0.25, 0.3) is 0 Å². The summed E-state index contributed by atoms with van der Waals surface area (Å²) in [5.74, 6) is 0. The molecular weight excluding hydrogens is 367 g/mol. The van der Waals surface area contributed by atoms with E-state index in [0.717, 1.165) is 0 Å². The van der Waals surface area contributed by atoms with Gasteiger partial charge in [-0.15, -0.1) is 0 Å². The fourth-order valence-electron chi connectivity index (χ4n) is 4.18. The van der Waals surface area contributed by atoms with E-state index >= 15 is 0 Å². The summed E-state index contributed by atoms with van der Waals surface area (Å²) in [6, 6.07) is 15.7. The van der Waals surface area contributed by atoms with E-state index in [9.17, 15) is 0 Å². The maximum absolute atomic E-state index is 3.30. The van der Waals surface area contributed by atoms with Gasteiger partial charge in [0.2, 0.25) is 0 Å². The molecule has 25 heavy (non-hydrogen) atoms. The summed E-state index contributed by atoms with van der Waals surface area (Å²) in [4.78, 5) is 0. The van der Waals surface area contributed by atoms with Crippen LogP contribution in [0.2, 0.25) is 0 Å². The molecule has 3 aromatic carbocycles. The summed E-state index contributed by atoms with van der Waals surface area (Å²) in [6.07, 6.45) is 0. The summed E-state index contributed by atoms with van der Waals surface area (Å²) in [6.45, 7) is 13.2. The first-order valence-corrected chi connectivity index (χ1v) is 9.61. The van der Waals surface area contributed by atoms with Crippen LogP contribution in [-0.2, 0) is 0 Å². The zero-order valence-electron chi connectivity index (χ0n) is 15.9. The summed E-state index contributed by atoms with van der Waals surface area (Å²) < 4.78 is 1.21. The molecule has 0 aliphatic carbocycles. The van der Waals surface area contributed by atoms with Gasteiger partial charge in [-0.3, -0.25) is 0 Å². The summed E-state index contributed by atoms with van der Waals surface area (Å²) in [5.41, 5.74) is 13.4. The molecule has 0 nitrogen and oxygen atoms in total. The molecule has 1 heteroatoms. The Labute approximate surface area is 160 Å². The minimum absolute atomic E-state index is 1.21. The molecule has 0 atom stereocenters. The third kappa shape index (κ3) is 3.32. The van der Waals surface area contributed by atoms with Gasteiger partial charge in [0.05, 0.1) is 0 Å². The Morgan fingerprint density at radius 1 is 0.560 bits per heavy atom. The van der Waals surface area contributed by atoms with Gasteiger partial charge >= 0.3 is 160 Å². The van der Waals surface area contributed by atoms with Crippen LogP contribution in [0.4, 0.5) is 0 Å². The molecule has 0 aliphatic heterocycles. The summed E-state index contributed by atoms with van der Waals surface area (Å²) in [7, 11) is 0. The molecule has 0 saturated carbocycles. The third-order valence-electron chi connectivity index (χ3n) is 4.90. The van der Waals surface area contributed by atoms with Crippen molar-refractivity contribution in [1.82, 2.24) is 0 Å². The third-order valence-corrected chi connectivity index (χ3v) is 5.61. The predicted octanol–water partition coefficient (Wildman–Crippen LogP) is 5.66. The Balaban J connectivity index is 2.40. The number of rotatable bonds is 2. The fraction of sp³-hybridized carbons (Fsp3) is 0.250. The van der Waals surface area contributed by atoms with Crippen LogP contribution < -0.4 is 4.46 Å². The Hall–Kier alpha value is -1.82. The van der Waals surface area contributed by atoms with Gasteiger partial charge in [0.1, 0.15) is 0 Å². The molecular formula is C24H25Se. The molecule has 0 heterocycles. The number of aryl methyl sites for hydroxylation is 6. The molecule has 3 aromatic rings. The zero-order valence-corrected chi connectivity index (χ0v) is 17.7. The van der Waals surface area contributed by atoms with Crippen molar-refractivity contribution >= 4 is 20.5 Å². The van der Waals surface area contributed by atoms with Crippen LogP contribution in [0.3, 0.4) is 0 Å². The van der Waals surface area contributed by atoms with Crippen LogP contribution >= 0.6 is 0 Å². The first-order valence-electron chi connectivity index (χ1n) is 8.76. The molecule has 0 spiro atoms. The molecule has 0 aliphatic rings. The summed E-state index contributed by atoms with van der Waals surface area (Å²) >= 11 is 3.30. The van der Waals surface area contributed by atoms with Crippen molar-refractivity contribution in [3.63, 3.8) is 0 Å². The topological polar surface area (TPSA) is 0 Å². The normalized spacial score (nSPS) is 11.0. The van der Waals surface area contributed by atoms with Gasteiger partial charge in [-0.1, -0.05) is 0 Å². The van der Waals surface area contributed by atoms with E-state index in [4.69, 9.17) is 0 Å². The number of hydrogen-bond acceptors (Lipinski definition) is 0. The quantitative estimate of drug-likeness (QED) is 0.494. The van der Waals surface area contributed by atoms with Crippen LogP contribution in [0.25, 0.3) is 22.3 Å². The molecule has 1 radical (unpaired) electrons. The Morgan fingerprint density at radius 3 is 1.48 bits per heavy atom. The van der Waals surface area contributed by atoms with Crippen LogP contribution in [-0.4, -0.2) is 16.0 Å². The van der Waals surface area contributed by atoms with E-state index in [1.807, 2.05) is 0 Å². The van der Waals surface area contributed by atoms with Crippen molar-refractivity contribution in [3.8, 4) is 22.3 Å². The van der Waals surface area contributed by atoms with Crippen molar-refractivity contribution in [3.05, 3.63) is 75.8 Å². The van der Waals surface area contributed by atoms with E-state index in [0.29, 0.717) is 0 Å². The van der Waals surface area contributed by atoms with Crippen LogP contribution in [0, 0.1) is 41.5 Å². The molecule has 0 N–H and O–H groups in total. The second-order valence-electron chi connectivity index (χ2n) is 7.23. The Kier molecular flexibility index (Phi) is 4.91. The average Bonchev–Trinajstić information content (AvgIpc) is 2.47. The Morgan fingerprint density at radius 2 is 1.00 bits per heavy atom. The molecule has 3 rings (SSSR count). The van der Waals surface area contributed by atoms with Crippen molar-refractivity contribution in [2.45, 2.75) is 41.5 Å². The zero-order chi connectivity index (χ0) is 18.3. The molecule has 0 fully saturated rings. The van der Waals surface area contributed by atoms with E-state index in [2.05, 4.69) is 100 Å². The SMILES string of the molecule is Cc1cc(C)c(-c2cccc([Se])c2-c2c(C)cc(C)cc2C)c(C)c1. The first-order chi connectivity index (χ1) is 11.8. The number of hydrogen-bond donors (Lipinski definition) is 0. The second kappa shape index (κ2) is 6.83. The van der Waals surface area contributed by atoms with Gasteiger partial charge in [-0.2, -0.15) is 0 Å². The maximum atomic E-state index is 3.30. The van der Waals surface area contributed by atoms with Crippen LogP contribution in [0.5, 0.6) is 0 Å². The fourth-order valence-corrected chi connectivity index (χ4v) is 4.79. The van der Waals surface area contributed by atoms with Gasteiger partial charge in [0.15, 0.2) is 0 Å². The van der Waals surface area contributed by atoms with Gasteiger partial charge in [-0.25, -0.2) is 0 Å². The predicted molar refractivity (Wildman–Crippen MR) is 111 cm³/mol. The van der Waals surface area contributed by atoms with Gasteiger partial charge in [-0.05, 0) is 0 Å². The molecule has 0 amide bonds. The molecule has 0 aromatic heterocycles. The van der Waals surface area contributed by atoms with Gasteiger partial charge < -0.3 is 0 Å². The van der Waals surface area contributed by atoms with Crippen LogP contribution in [0.1, 0.15) is 33.4 Å². The summed E-state index contributed by atoms with van der Waals surface area (Å²) in [5, 5.41) is 0. The van der Waals surface area contributed by atoms with Crippen molar-refractivity contribution in [1.29, 1.82) is 0 Å². The standard InChI is InChI=1S/C24H25Se/c1-14-10-16(3)22(17(4)11-14)20-8-7-9-21(25)24(20)23-18(5)12-15(2)13-19(23)6/h7-13H,1-6H3. The first kappa shape index (κ1) is 18.0. The van der Waals surface area contributed by atoms with E-state index in [1.165, 1.54) is 60.1 Å². The monoisotopic (exact) mass is 393 g/mol. The van der Waals surface area contributed by atoms with Crippen molar-refractivity contribution in [2.24, 2.45) is 0 Å². The van der Waals surface area contributed by atoms with Crippen molar-refractivity contribution in [2.75, 3.05) is 0 Å². The van der Waals surface area contributed by atoms with E-state index in [-0.39, 0.29) is 0 Å². The molecule has 0 bridgehead atoms. The average molecular weight is 392 g/mol. The van der Waals surface area contributed by atoms with E-state index < -0.39 is 0 Å². The van der Waals surface area contributed by atoms with Crippen LogP contribution in [0.15, 0.2) is 42.5 Å². The second-order valence-corrected chi connectivity index (χ2v) is 8.15. The van der Waals surface area contributed by atoms with Gasteiger partial charge in [0, 0.05) is 0 Å². The molecule has 0 unspecified atom stereocenters. The van der Waals surface area contributed by atoms with E-state index in [1.54, 1.807) is 0 Å². The number of benzene rings is 3. The Bertz CT molecular complexity index is 918. The molecule has 127 valence electrons. The minimum atomic E-state index is 1.21. The molecule has 0 saturated heterocycles.